The number of hydrogen-bond donors (Lipinski definition) is 1. The van der Waals surface area contributed by atoms with Crippen LogP contribution in [0.15, 0.2) is 23.2 Å². The predicted molar refractivity (Wildman–Crippen MR) is 71.7 cm³/mol. The van der Waals surface area contributed by atoms with Crippen LogP contribution in [-0.2, 0) is 10.0 Å². The Morgan fingerprint density at radius 1 is 1.35 bits per heavy atom. The highest BCUT2D eigenvalue weighted by atomic mass is 32.2. The van der Waals surface area contributed by atoms with Crippen LogP contribution in [0.4, 0.5) is 5.82 Å². The number of pyridine rings is 1. The molecule has 1 aliphatic heterocycles. The molecular weight excluding hydrogens is 284 g/mol. The molecule has 0 spiro atoms. The largest absolute Gasteiger partial charge is 0.363 e. The van der Waals surface area contributed by atoms with Gasteiger partial charge in [0.25, 0.3) is 0 Å². The SMILES string of the molecule is CC1CN(S(=O)(=O)c2ccc([N+](=O)[O-])nc2)CC(C)N1. The lowest BCUT2D eigenvalue weighted by atomic mass is 10.2. The summed E-state index contributed by atoms with van der Waals surface area (Å²) >= 11 is 0. The van der Waals surface area contributed by atoms with Gasteiger partial charge >= 0.3 is 5.82 Å². The van der Waals surface area contributed by atoms with Crippen molar-refractivity contribution in [2.75, 3.05) is 13.1 Å². The van der Waals surface area contributed by atoms with Crippen LogP contribution in [0.1, 0.15) is 13.8 Å². The Balaban J connectivity index is 2.27. The summed E-state index contributed by atoms with van der Waals surface area (Å²) in [5.74, 6) is -0.369. The van der Waals surface area contributed by atoms with E-state index in [0.717, 1.165) is 12.3 Å². The molecule has 2 rings (SSSR count). The Morgan fingerprint density at radius 3 is 2.40 bits per heavy atom. The van der Waals surface area contributed by atoms with Gasteiger partial charge in [0.1, 0.15) is 4.90 Å². The highest BCUT2D eigenvalue weighted by molar-refractivity contribution is 7.89. The zero-order chi connectivity index (χ0) is 14.9. The first kappa shape index (κ1) is 14.8. The van der Waals surface area contributed by atoms with Crippen LogP contribution in [0, 0.1) is 10.1 Å². The van der Waals surface area contributed by atoms with Crippen molar-refractivity contribution in [2.24, 2.45) is 0 Å². The number of nitro groups is 1. The van der Waals surface area contributed by atoms with Gasteiger partial charge in [-0.2, -0.15) is 4.31 Å². The summed E-state index contributed by atoms with van der Waals surface area (Å²) in [6.07, 6.45) is 1.03. The van der Waals surface area contributed by atoms with Crippen molar-refractivity contribution in [3.8, 4) is 0 Å². The average Bonchev–Trinajstić information content (AvgIpc) is 2.37. The minimum atomic E-state index is -3.66. The van der Waals surface area contributed by atoms with Gasteiger partial charge < -0.3 is 15.4 Å². The molecule has 0 bridgehead atoms. The molecule has 8 nitrogen and oxygen atoms in total. The zero-order valence-electron chi connectivity index (χ0n) is 11.2. The van der Waals surface area contributed by atoms with E-state index in [1.54, 1.807) is 0 Å². The highest BCUT2D eigenvalue weighted by Crippen LogP contribution is 2.19. The van der Waals surface area contributed by atoms with Crippen LogP contribution in [-0.4, -0.2) is 47.8 Å². The van der Waals surface area contributed by atoms with Crippen LogP contribution >= 0.6 is 0 Å². The van der Waals surface area contributed by atoms with E-state index >= 15 is 0 Å². The predicted octanol–water partition coefficient (Wildman–Crippen LogP) is 0.361. The third-order valence-corrected chi connectivity index (χ3v) is 4.88. The van der Waals surface area contributed by atoms with Gasteiger partial charge in [-0.1, -0.05) is 0 Å². The molecule has 0 saturated carbocycles. The lowest BCUT2D eigenvalue weighted by Gasteiger charge is -2.34. The van der Waals surface area contributed by atoms with Gasteiger partial charge in [-0.05, 0) is 29.8 Å². The molecule has 1 saturated heterocycles. The summed E-state index contributed by atoms with van der Waals surface area (Å²) in [5, 5.41) is 13.8. The van der Waals surface area contributed by atoms with Gasteiger partial charge in [-0.3, -0.25) is 0 Å². The van der Waals surface area contributed by atoms with Crippen molar-refractivity contribution in [3.05, 3.63) is 28.4 Å². The third-order valence-electron chi connectivity index (χ3n) is 3.07. The number of rotatable bonds is 3. The summed E-state index contributed by atoms with van der Waals surface area (Å²) < 4.78 is 26.3. The van der Waals surface area contributed by atoms with E-state index < -0.39 is 14.9 Å². The van der Waals surface area contributed by atoms with Gasteiger partial charge in [0.2, 0.25) is 10.0 Å². The topological polar surface area (TPSA) is 105 Å². The Morgan fingerprint density at radius 2 is 1.95 bits per heavy atom. The maximum Gasteiger partial charge on any atom is 0.363 e. The van der Waals surface area contributed by atoms with Crippen LogP contribution in [0.25, 0.3) is 0 Å². The van der Waals surface area contributed by atoms with E-state index in [2.05, 4.69) is 10.3 Å². The molecule has 0 amide bonds. The van der Waals surface area contributed by atoms with Gasteiger partial charge in [-0.15, -0.1) is 0 Å². The molecule has 0 aliphatic carbocycles. The minimum Gasteiger partial charge on any atom is -0.358 e. The second-order valence-electron chi connectivity index (χ2n) is 4.90. The van der Waals surface area contributed by atoms with Gasteiger partial charge in [0.05, 0.1) is 0 Å². The second-order valence-corrected chi connectivity index (χ2v) is 6.84. The van der Waals surface area contributed by atoms with Crippen molar-refractivity contribution >= 4 is 15.8 Å². The van der Waals surface area contributed by atoms with Crippen molar-refractivity contribution in [1.82, 2.24) is 14.6 Å². The molecule has 1 aliphatic rings. The molecule has 9 heteroatoms. The summed E-state index contributed by atoms with van der Waals surface area (Å²) in [4.78, 5) is 13.4. The van der Waals surface area contributed by atoms with E-state index in [4.69, 9.17) is 0 Å². The van der Waals surface area contributed by atoms with Crippen LogP contribution < -0.4 is 5.32 Å². The van der Waals surface area contributed by atoms with Crippen molar-refractivity contribution in [3.63, 3.8) is 0 Å². The van der Waals surface area contributed by atoms with Crippen LogP contribution in [0.3, 0.4) is 0 Å². The van der Waals surface area contributed by atoms with Gasteiger partial charge in [0, 0.05) is 31.2 Å². The third kappa shape index (κ3) is 2.94. The molecule has 0 radical (unpaired) electrons. The van der Waals surface area contributed by atoms with E-state index in [9.17, 15) is 18.5 Å². The summed E-state index contributed by atoms with van der Waals surface area (Å²) in [6, 6.07) is 2.43. The Kier molecular flexibility index (Phi) is 4.02. The molecule has 2 atom stereocenters. The molecule has 2 heterocycles. The van der Waals surface area contributed by atoms with E-state index in [-0.39, 0.29) is 22.8 Å². The maximum absolute atomic E-state index is 12.4. The smallest absolute Gasteiger partial charge is 0.358 e. The zero-order valence-corrected chi connectivity index (χ0v) is 12.0. The monoisotopic (exact) mass is 300 g/mol. The molecule has 110 valence electrons. The molecule has 1 N–H and O–H groups in total. The Labute approximate surface area is 117 Å². The van der Waals surface area contributed by atoms with Crippen molar-refractivity contribution in [2.45, 2.75) is 30.8 Å². The second kappa shape index (κ2) is 5.43. The lowest BCUT2D eigenvalue weighted by Crippen LogP contribution is -2.55. The average molecular weight is 300 g/mol. The fourth-order valence-corrected chi connectivity index (χ4v) is 3.82. The maximum atomic E-state index is 12.4. The quantitative estimate of drug-likeness (QED) is 0.638. The van der Waals surface area contributed by atoms with E-state index in [0.29, 0.717) is 13.1 Å². The number of nitrogens with one attached hydrogen (secondary N) is 1. The van der Waals surface area contributed by atoms with Crippen LogP contribution in [0.2, 0.25) is 0 Å². The summed E-state index contributed by atoms with van der Waals surface area (Å²) in [5.41, 5.74) is 0. The lowest BCUT2D eigenvalue weighted by molar-refractivity contribution is -0.389. The van der Waals surface area contributed by atoms with Crippen LogP contribution in [0.5, 0.6) is 0 Å². The molecule has 1 aromatic rings. The highest BCUT2D eigenvalue weighted by Gasteiger charge is 2.32. The minimum absolute atomic E-state index is 0.0237. The number of aromatic nitrogens is 1. The first-order chi connectivity index (χ1) is 9.30. The summed E-state index contributed by atoms with van der Waals surface area (Å²) in [6.45, 7) is 4.55. The number of piperazine rings is 1. The molecule has 20 heavy (non-hydrogen) atoms. The van der Waals surface area contributed by atoms with Gasteiger partial charge in [0.15, 0.2) is 6.20 Å². The normalized spacial score (nSPS) is 24.5. The molecule has 2 unspecified atom stereocenters. The number of nitrogens with zero attached hydrogens (tertiary/aromatic N) is 3. The first-order valence-electron chi connectivity index (χ1n) is 6.17. The fraction of sp³-hybridized carbons (Fsp3) is 0.545. The van der Waals surface area contributed by atoms with Crippen molar-refractivity contribution in [1.29, 1.82) is 0 Å². The standard InChI is InChI=1S/C11H16N4O4S/c1-8-6-14(7-9(2)13-8)20(18,19)10-3-4-11(12-5-10)15(16)17/h3-5,8-9,13H,6-7H2,1-2H3. The molecular formula is C11H16N4O4S. The fourth-order valence-electron chi connectivity index (χ4n) is 2.25. The molecule has 1 aromatic heterocycles. The number of hydrogen-bond acceptors (Lipinski definition) is 6. The Hall–Kier alpha value is -1.58. The van der Waals surface area contributed by atoms with Gasteiger partial charge in [-0.25, -0.2) is 8.42 Å². The number of sulfonamides is 1. The first-order valence-corrected chi connectivity index (χ1v) is 7.61. The van der Waals surface area contributed by atoms with Crippen molar-refractivity contribution < 1.29 is 13.3 Å². The Bertz CT molecular complexity index is 591. The molecule has 1 fully saturated rings. The van der Waals surface area contributed by atoms with E-state index in [1.165, 1.54) is 10.4 Å². The molecule has 0 aromatic carbocycles. The van der Waals surface area contributed by atoms with E-state index in [1.807, 2.05) is 13.8 Å². The summed E-state index contributed by atoms with van der Waals surface area (Å²) in [7, 11) is -3.66.